The lowest BCUT2D eigenvalue weighted by molar-refractivity contribution is 0.386. The molecule has 1 aliphatic heterocycles. The molecule has 0 bridgehead atoms. The summed E-state index contributed by atoms with van der Waals surface area (Å²) in [4.78, 5) is 8.43. The number of para-hydroxylation sites is 1. The van der Waals surface area contributed by atoms with Gasteiger partial charge in [-0.05, 0) is 36.6 Å². The molecule has 1 fully saturated rings. The van der Waals surface area contributed by atoms with Crippen molar-refractivity contribution in [3.8, 4) is 11.4 Å². The van der Waals surface area contributed by atoms with Gasteiger partial charge in [0.05, 0.1) is 12.1 Å². The maximum absolute atomic E-state index is 12.6. The monoisotopic (exact) mass is 385 g/mol. The van der Waals surface area contributed by atoms with Crippen LogP contribution in [0.3, 0.4) is 0 Å². The number of nitrogens with one attached hydrogen (secondary N) is 1. The summed E-state index contributed by atoms with van der Waals surface area (Å²) in [5.74, 6) is 0.856. The number of pyridine rings is 1. The van der Waals surface area contributed by atoms with Gasteiger partial charge in [0.25, 0.3) is 0 Å². The smallest absolute Gasteiger partial charge is 0.301 e. The second-order valence-electron chi connectivity index (χ2n) is 6.30. The van der Waals surface area contributed by atoms with Crippen molar-refractivity contribution in [2.24, 2.45) is 0 Å². The van der Waals surface area contributed by atoms with E-state index in [1.54, 1.807) is 30.6 Å². The third-order valence-electron chi connectivity index (χ3n) is 4.39. The second kappa shape index (κ2) is 7.45. The molecule has 0 amide bonds. The van der Waals surface area contributed by atoms with Gasteiger partial charge in [-0.15, -0.1) is 0 Å². The molecular formula is C18H19N5O3S. The van der Waals surface area contributed by atoms with Crippen LogP contribution in [0.15, 0.2) is 53.3 Å². The van der Waals surface area contributed by atoms with Crippen molar-refractivity contribution in [1.29, 1.82) is 0 Å². The average Bonchev–Trinajstić information content (AvgIpc) is 3.36. The third kappa shape index (κ3) is 3.99. The fourth-order valence-electron chi connectivity index (χ4n) is 3.01. The van der Waals surface area contributed by atoms with E-state index in [1.165, 1.54) is 4.31 Å². The first-order chi connectivity index (χ1) is 13.1. The fraction of sp³-hybridized carbons (Fsp3) is 0.278. The van der Waals surface area contributed by atoms with Crippen LogP contribution in [0.2, 0.25) is 0 Å². The van der Waals surface area contributed by atoms with Gasteiger partial charge in [0.1, 0.15) is 0 Å². The lowest BCUT2D eigenvalue weighted by Gasteiger charge is -2.18. The van der Waals surface area contributed by atoms with Crippen molar-refractivity contribution in [3.05, 3.63) is 60.2 Å². The normalized spacial score (nSPS) is 15.1. The van der Waals surface area contributed by atoms with E-state index >= 15 is 0 Å². The molecule has 0 aliphatic carbocycles. The summed E-state index contributed by atoms with van der Waals surface area (Å²) in [6, 6.07) is 10.9. The Morgan fingerprint density at radius 1 is 1.11 bits per heavy atom. The van der Waals surface area contributed by atoms with Gasteiger partial charge >= 0.3 is 10.2 Å². The summed E-state index contributed by atoms with van der Waals surface area (Å²) in [6.45, 7) is 1.10. The summed E-state index contributed by atoms with van der Waals surface area (Å²) in [5, 5.41) is 3.98. The van der Waals surface area contributed by atoms with Crippen molar-refractivity contribution >= 4 is 15.9 Å². The standard InChI is InChI=1S/C18H19N5O3S/c24-27(25,23-10-3-4-11-23)22-16-8-2-1-6-14(16)12-17-20-18(21-26-17)15-7-5-9-19-13-15/h1-2,5-9,13,22H,3-4,10-12H2. The topological polar surface area (TPSA) is 101 Å². The maximum atomic E-state index is 12.6. The molecule has 0 radical (unpaired) electrons. The Hall–Kier alpha value is -2.78. The first kappa shape index (κ1) is 17.6. The van der Waals surface area contributed by atoms with E-state index in [0.717, 1.165) is 24.0 Å². The molecule has 8 nitrogen and oxygen atoms in total. The lowest BCUT2D eigenvalue weighted by Crippen LogP contribution is -2.33. The highest BCUT2D eigenvalue weighted by Crippen LogP contribution is 2.23. The molecule has 4 rings (SSSR count). The van der Waals surface area contributed by atoms with Crippen LogP contribution in [0.5, 0.6) is 0 Å². The van der Waals surface area contributed by atoms with E-state index in [4.69, 9.17) is 4.52 Å². The largest absolute Gasteiger partial charge is 0.339 e. The van der Waals surface area contributed by atoms with Crippen LogP contribution in [0.4, 0.5) is 5.69 Å². The Morgan fingerprint density at radius 2 is 1.93 bits per heavy atom. The number of hydrogen-bond donors (Lipinski definition) is 1. The Morgan fingerprint density at radius 3 is 2.70 bits per heavy atom. The number of aromatic nitrogens is 3. The second-order valence-corrected chi connectivity index (χ2v) is 7.97. The number of anilines is 1. The summed E-state index contributed by atoms with van der Waals surface area (Å²) in [7, 11) is -3.56. The highest BCUT2D eigenvalue weighted by Gasteiger charge is 2.26. The minimum absolute atomic E-state index is 0.325. The third-order valence-corrected chi connectivity index (χ3v) is 5.91. The first-order valence-electron chi connectivity index (χ1n) is 8.70. The van der Waals surface area contributed by atoms with Gasteiger partial charge in [0.2, 0.25) is 11.7 Å². The predicted molar refractivity (Wildman–Crippen MR) is 100 cm³/mol. The Bertz CT molecular complexity index is 1010. The SMILES string of the molecule is O=S(=O)(Nc1ccccc1Cc1nc(-c2cccnc2)no1)N1CCCC1. The van der Waals surface area contributed by atoms with Crippen LogP contribution < -0.4 is 4.72 Å². The molecule has 0 spiro atoms. The van der Waals surface area contributed by atoms with Gasteiger partial charge < -0.3 is 4.52 Å². The van der Waals surface area contributed by atoms with Gasteiger partial charge in [-0.3, -0.25) is 9.71 Å². The highest BCUT2D eigenvalue weighted by molar-refractivity contribution is 7.90. The molecule has 140 valence electrons. The summed E-state index contributed by atoms with van der Waals surface area (Å²) < 4.78 is 34.6. The summed E-state index contributed by atoms with van der Waals surface area (Å²) >= 11 is 0. The molecule has 3 aromatic rings. The minimum atomic E-state index is -3.56. The molecule has 0 atom stereocenters. The van der Waals surface area contributed by atoms with Gasteiger partial charge in [0, 0.05) is 31.0 Å². The van der Waals surface area contributed by atoms with Crippen molar-refractivity contribution < 1.29 is 12.9 Å². The molecule has 3 heterocycles. The zero-order chi connectivity index (χ0) is 18.7. The fourth-order valence-corrected chi connectivity index (χ4v) is 4.35. The van der Waals surface area contributed by atoms with E-state index in [1.807, 2.05) is 18.2 Å². The quantitative estimate of drug-likeness (QED) is 0.699. The highest BCUT2D eigenvalue weighted by atomic mass is 32.2. The van der Waals surface area contributed by atoms with Crippen LogP contribution in [0.1, 0.15) is 24.3 Å². The van der Waals surface area contributed by atoms with E-state index in [-0.39, 0.29) is 0 Å². The molecule has 9 heteroatoms. The molecule has 1 aliphatic rings. The molecule has 1 N–H and O–H groups in total. The number of nitrogens with zero attached hydrogens (tertiary/aromatic N) is 4. The van der Waals surface area contributed by atoms with Gasteiger partial charge in [0.15, 0.2) is 0 Å². The lowest BCUT2D eigenvalue weighted by atomic mass is 10.1. The average molecular weight is 385 g/mol. The maximum Gasteiger partial charge on any atom is 0.301 e. The minimum Gasteiger partial charge on any atom is -0.339 e. The predicted octanol–water partition coefficient (Wildman–Crippen LogP) is 2.47. The van der Waals surface area contributed by atoms with Crippen molar-refractivity contribution in [1.82, 2.24) is 19.4 Å². The Balaban J connectivity index is 1.54. The van der Waals surface area contributed by atoms with Gasteiger partial charge in [-0.25, -0.2) is 0 Å². The number of hydrogen-bond acceptors (Lipinski definition) is 6. The molecule has 1 aromatic carbocycles. The van der Waals surface area contributed by atoms with E-state index in [2.05, 4.69) is 19.8 Å². The van der Waals surface area contributed by atoms with E-state index < -0.39 is 10.2 Å². The Kier molecular flexibility index (Phi) is 4.87. The van der Waals surface area contributed by atoms with Crippen molar-refractivity contribution in [3.63, 3.8) is 0 Å². The van der Waals surface area contributed by atoms with Crippen LogP contribution >= 0.6 is 0 Å². The van der Waals surface area contributed by atoms with E-state index in [0.29, 0.717) is 36.9 Å². The molecular weight excluding hydrogens is 366 g/mol. The van der Waals surface area contributed by atoms with Crippen LogP contribution in [-0.2, 0) is 16.6 Å². The molecule has 1 saturated heterocycles. The Labute approximate surface area is 157 Å². The van der Waals surface area contributed by atoms with Crippen LogP contribution in [-0.4, -0.2) is 40.9 Å². The molecule has 27 heavy (non-hydrogen) atoms. The number of benzene rings is 1. The van der Waals surface area contributed by atoms with Crippen molar-refractivity contribution in [2.75, 3.05) is 17.8 Å². The van der Waals surface area contributed by atoms with Crippen LogP contribution in [0, 0.1) is 0 Å². The van der Waals surface area contributed by atoms with Gasteiger partial charge in [-0.1, -0.05) is 23.4 Å². The van der Waals surface area contributed by atoms with Crippen LogP contribution in [0.25, 0.3) is 11.4 Å². The number of rotatable bonds is 6. The van der Waals surface area contributed by atoms with Crippen molar-refractivity contribution in [2.45, 2.75) is 19.3 Å². The van der Waals surface area contributed by atoms with E-state index in [9.17, 15) is 8.42 Å². The summed E-state index contributed by atoms with van der Waals surface area (Å²) in [6.07, 6.45) is 5.44. The zero-order valence-electron chi connectivity index (χ0n) is 14.6. The van der Waals surface area contributed by atoms with Gasteiger partial charge in [-0.2, -0.15) is 17.7 Å². The first-order valence-corrected chi connectivity index (χ1v) is 10.1. The zero-order valence-corrected chi connectivity index (χ0v) is 15.4. The molecule has 0 saturated carbocycles. The molecule has 2 aromatic heterocycles. The summed E-state index contributed by atoms with van der Waals surface area (Å²) in [5.41, 5.74) is 2.04. The molecule has 0 unspecified atom stereocenters.